The molecule has 1 fully saturated rings. The average Bonchev–Trinajstić information content (AvgIpc) is 2.65. The zero-order chi connectivity index (χ0) is 22.9. The summed E-state index contributed by atoms with van der Waals surface area (Å²) in [5, 5.41) is 2.93. The number of rotatable bonds is 5. The second-order valence-corrected chi connectivity index (χ2v) is 8.30. The van der Waals surface area contributed by atoms with Gasteiger partial charge >= 0.3 is 0 Å². The Balaban J connectivity index is 2.05. The molecule has 0 spiro atoms. The Morgan fingerprint density at radius 2 is 1.74 bits per heavy atom. The van der Waals surface area contributed by atoms with Crippen LogP contribution in [-0.4, -0.2) is 30.1 Å². The van der Waals surface area contributed by atoms with Gasteiger partial charge in [-0.1, -0.05) is 17.7 Å². The molecule has 0 aliphatic carbocycles. The van der Waals surface area contributed by atoms with Crippen LogP contribution in [0.25, 0.3) is 6.08 Å². The van der Waals surface area contributed by atoms with E-state index >= 15 is 0 Å². The van der Waals surface area contributed by atoms with Gasteiger partial charge in [0.05, 0.1) is 23.9 Å². The average molecular weight is 459 g/mol. The molecule has 0 aromatic heterocycles. The summed E-state index contributed by atoms with van der Waals surface area (Å²) in [6, 6.07) is 8.94. The molecule has 1 saturated heterocycles. The second kappa shape index (κ2) is 9.08. The predicted octanol–water partition coefficient (Wildman–Crippen LogP) is 4.58. The summed E-state index contributed by atoms with van der Waals surface area (Å²) in [5.74, 6) is -0.290. The van der Waals surface area contributed by atoms with E-state index in [1.54, 1.807) is 12.1 Å². The monoisotopic (exact) mass is 458 g/mol. The van der Waals surface area contributed by atoms with Crippen molar-refractivity contribution in [2.75, 3.05) is 12.0 Å². The lowest BCUT2D eigenvalue weighted by Crippen LogP contribution is -2.54. The van der Waals surface area contributed by atoms with Gasteiger partial charge in [0.1, 0.15) is 5.57 Å². The van der Waals surface area contributed by atoms with Crippen molar-refractivity contribution in [3.8, 4) is 11.5 Å². The molecule has 0 radical (unpaired) electrons. The number of anilines is 1. The minimum absolute atomic E-state index is 0.0356. The van der Waals surface area contributed by atoms with Crippen molar-refractivity contribution in [1.82, 2.24) is 5.32 Å². The van der Waals surface area contributed by atoms with Gasteiger partial charge in [0, 0.05) is 0 Å². The first-order valence-corrected chi connectivity index (χ1v) is 10.4. The third kappa shape index (κ3) is 4.89. The molecule has 1 heterocycles. The Hall–Kier alpha value is -2.90. The maximum Gasteiger partial charge on any atom is 0.270 e. The number of hydrogen-bond donors (Lipinski definition) is 1. The minimum atomic E-state index is -0.576. The fourth-order valence-electron chi connectivity index (χ4n) is 3.31. The number of halogens is 1. The van der Waals surface area contributed by atoms with Crippen LogP contribution in [0.5, 0.6) is 11.5 Å². The van der Waals surface area contributed by atoms with Crippen molar-refractivity contribution in [2.24, 2.45) is 0 Å². The summed E-state index contributed by atoms with van der Waals surface area (Å²) in [7, 11) is 1.49. The number of amides is 2. The molecule has 2 aromatic rings. The highest BCUT2D eigenvalue weighted by atomic mass is 35.5. The molecule has 31 heavy (non-hydrogen) atoms. The van der Waals surface area contributed by atoms with Crippen LogP contribution in [0.3, 0.4) is 0 Å². The van der Waals surface area contributed by atoms with Crippen molar-refractivity contribution in [3.63, 3.8) is 0 Å². The highest BCUT2D eigenvalue weighted by Gasteiger charge is 2.34. The topological polar surface area (TPSA) is 67.9 Å². The number of ether oxygens (including phenoxy) is 2. The van der Waals surface area contributed by atoms with Crippen molar-refractivity contribution in [3.05, 3.63) is 57.6 Å². The highest BCUT2D eigenvalue weighted by Crippen LogP contribution is 2.38. The predicted molar refractivity (Wildman–Crippen MR) is 126 cm³/mol. The highest BCUT2D eigenvalue weighted by molar-refractivity contribution is 7.80. The van der Waals surface area contributed by atoms with E-state index in [0.717, 1.165) is 11.1 Å². The Kier molecular flexibility index (Phi) is 6.67. The Morgan fingerprint density at radius 1 is 1.10 bits per heavy atom. The quantitative estimate of drug-likeness (QED) is 0.403. The lowest BCUT2D eigenvalue weighted by atomic mass is 10.1. The zero-order valence-electron chi connectivity index (χ0n) is 17.9. The van der Waals surface area contributed by atoms with Crippen molar-refractivity contribution < 1.29 is 19.1 Å². The fourth-order valence-corrected chi connectivity index (χ4v) is 3.86. The van der Waals surface area contributed by atoms with Crippen LogP contribution in [0.15, 0.2) is 35.9 Å². The summed E-state index contributed by atoms with van der Waals surface area (Å²) >= 11 is 11.7. The van der Waals surface area contributed by atoms with Crippen molar-refractivity contribution in [2.45, 2.75) is 33.8 Å². The SMILES string of the molecule is COc1cc(C=C2C(=O)NC(=S)N(c3cc(C)cc(C)c3)C2=O)cc(Cl)c1OC(C)C. The fraction of sp³-hybridized carbons (Fsp3) is 0.261. The number of nitrogens with one attached hydrogen (secondary N) is 1. The largest absolute Gasteiger partial charge is 0.493 e. The van der Waals surface area contributed by atoms with Crippen molar-refractivity contribution in [1.29, 1.82) is 0 Å². The number of aryl methyl sites for hydroxylation is 2. The number of hydrogen-bond acceptors (Lipinski definition) is 5. The van der Waals surface area contributed by atoms with Gasteiger partial charge in [0.25, 0.3) is 11.8 Å². The molecule has 0 bridgehead atoms. The third-order valence-electron chi connectivity index (χ3n) is 4.48. The summed E-state index contributed by atoms with van der Waals surface area (Å²) in [4.78, 5) is 27.1. The van der Waals surface area contributed by atoms with Gasteiger partial charge < -0.3 is 9.47 Å². The smallest absolute Gasteiger partial charge is 0.270 e. The third-order valence-corrected chi connectivity index (χ3v) is 5.05. The van der Waals surface area contributed by atoms with Gasteiger partial charge in [-0.2, -0.15) is 0 Å². The summed E-state index contributed by atoms with van der Waals surface area (Å²) in [6.07, 6.45) is 1.36. The molecular formula is C23H23ClN2O4S. The first kappa shape index (κ1) is 22.8. The van der Waals surface area contributed by atoms with Crippen LogP contribution in [0.2, 0.25) is 5.02 Å². The molecule has 1 aliphatic rings. The molecule has 2 aromatic carbocycles. The molecule has 162 valence electrons. The van der Waals surface area contributed by atoms with E-state index in [0.29, 0.717) is 27.8 Å². The lowest BCUT2D eigenvalue weighted by Gasteiger charge is -2.29. The van der Waals surface area contributed by atoms with Gasteiger partial charge in [0.15, 0.2) is 16.6 Å². The Morgan fingerprint density at radius 3 is 2.32 bits per heavy atom. The molecule has 6 nitrogen and oxygen atoms in total. The Labute approximate surface area is 191 Å². The lowest BCUT2D eigenvalue weighted by molar-refractivity contribution is -0.122. The van der Waals surface area contributed by atoms with E-state index in [2.05, 4.69) is 5.32 Å². The molecule has 8 heteroatoms. The molecule has 0 atom stereocenters. The summed E-state index contributed by atoms with van der Waals surface area (Å²) < 4.78 is 11.1. The number of methoxy groups -OCH3 is 1. The van der Waals surface area contributed by atoms with E-state index < -0.39 is 11.8 Å². The van der Waals surface area contributed by atoms with E-state index in [4.69, 9.17) is 33.3 Å². The molecule has 2 amide bonds. The molecule has 0 saturated carbocycles. The van der Waals surface area contributed by atoms with Gasteiger partial charge in [0.2, 0.25) is 0 Å². The normalized spacial score (nSPS) is 15.5. The van der Waals surface area contributed by atoms with Crippen LogP contribution in [0, 0.1) is 13.8 Å². The maximum atomic E-state index is 13.2. The van der Waals surface area contributed by atoms with Gasteiger partial charge in [-0.05, 0) is 86.9 Å². The van der Waals surface area contributed by atoms with Crippen LogP contribution >= 0.6 is 23.8 Å². The molecule has 1 aliphatic heterocycles. The molecule has 1 N–H and O–H groups in total. The van der Waals surface area contributed by atoms with Gasteiger partial charge in [-0.25, -0.2) is 0 Å². The standard InChI is InChI=1S/C23H23ClN2O4S/c1-12(2)30-20-18(24)10-15(11-19(20)29-5)9-17-21(27)25-23(31)26(22(17)28)16-7-13(3)6-14(4)8-16/h6-12H,1-5H3,(H,25,27,31). The zero-order valence-corrected chi connectivity index (χ0v) is 19.5. The number of thiocarbonyl (C=S) groups is 1. The molecular weight excluding hydrogens is 436 g/mol. The number of benzene rings is 2. The van der Waals surface area contributed by atoms with Gasteiger partial charge in [-0.15, -0.1) is 0 Å². The van der Waals surface area contributed by atoms with E-state index in [9.17, 15) is 9.59 Å². The summed E-state index contributed by atoms with van der Waals surface area (Å²) in [6.45, 7) is 7.61. The van der Waals surface area contributed by atoms with Crippen LogP contribution < -0.4 is 19.7 Å². The minimum Gasteiger partial charge on any atom is -0.493 e. The first-order valence-electron chi connectivity index (χ1n) is 9.64. The van der Waals surface area contributed by atoms with Gasteiger partial charge in [-0.3, -0.25) is 19.8 Å². The maximum absolute atomic E-state index is 13.2. The van der Waals surface area contributed by atoms with E-state index in [1.165, 1.54) is 18.1 Å². The van der Waals surface area contributed by atoms with Crippen LogP contribution in [-0.2, 0) is 9.59 Å². The first-order chi connectivity index (χ1) is 14.6. The molecule has 0 unspecified atom stereocenters. The van der Waals surface area contributed by atoms with Crippen LogP contribution in [0.4, 0.5) is 5.69 Å². The summed E-state index contributed by atoms with van der Waals surface area (Å²) in [5.41, 5.74) is 3.00. The Bertz CT molecular complexity index is 1090. The molecule has 3 rings (SSSR count). The van der Waals surface area contributed by atoms with Crippen LogP contribution in [0.1, 0.15) is 30.5 Å². The van der Waals surface area contributed by atoms with Crippen molar-refractivity contribution >= 4 is 52.5 Å². The number of nitrogens with zero attached hydrogens (tertiary/aromatic N) is 1. The number of carbonyl (C=O) groups is 2. The number of carbonyl (C=O) groups excluding carboxylic acids is 2. The van der Waals surface area contributed by atoms with E-state index in [-0.39, 0.29) is 16.8 Å². The second-order valence-electron chi connectivity index (χ2n) is 7.50. The van der Waals surface area contributed by atoms with E-state index in [1.807, 2.05) is 45.9 Å².